The molecule has 18 heavy (non-hydrogen) atoms. The number of nitrogens with one attached hydrogen (secondary N) is 1. The molecule has 0 aliphatic carbocycles. The second kappa shape index (κ2) is 7.39. The van der Waals surface area contributed by atoms with Gasteiger partial charge in [-0.25, -0.2) is 0 Å². The van der Waals surface area contributed by atoms with Crippen LogP contribution in [0.1, 0.15) is 29.9 Å². The van der Waals surface area contributed by atoms with Crippen molar-refractivity contribution >= 4 is 18.4 Å². The van der Waals surface area contributed by atoms with Crippen molar-refractivity contribution in [2.45, 2.75) is 25.2 Å². The summed E-state index contributed by atoms with van der Waals surface area (Å²) in [4.78, 5) is 11.1. The standard InChI is InChI=1S/C14H19NO2.ClH/c1-17-14(16)10-11-2-4-12(5-3-11)13-6-8-15-9-7-13;/h2-5,13,15H,6-10H2,1H3;1H. The van der Waals surface area contributed by atoms with Crippen LogP contribution < -0.4 is 5.32 Å². The third kappa shape index (κ3) is 4.00. The number of piperidine rings is 1. The van der Waals surface area contributed by atoms with Crippen LogP contribution >= 0.6 is 12.4 Å². The fourth-order valence-electron chi connectivity index (χ4n) is 2.30. The van der Waals surface area contributed by atoms with Crippen LogP contribution in [0.15, 0.2) is 24.3 Å². The van der Waals surface area contributed by atoms with Crippen molar-refractivity contribution in [3.05, 3.63) is 35.4 Å². The van der Waals surface area contributed by atoms with Crippen molar-refractivity contribution in [2.75, 3.05) is 20.2 Å². The molecular formula is C14H20ClNO2. The lowest BCUT2D eigenvalue weighted by atomic mass is 9.89. The normalized spacial score (nSPS) is 15.8. The maximum absolute atomic E-state index is 11.1. The predicted octanol–water partition coefficient (Wildman–Crippen LogP) is 2.29. The summed E-state index contributed by atoms with van der Waals surface area (Å²) >= 11 is 0. The number of benzene rings is 1. The van der Waals surface area contributed by atoms with Gasteiger partial charge in [-0.05, 0) is 43.0 Å². The summed E-state index contributed by atoms with van der Waals surface area (Å²) in [6.45, 7) is 2.21. The van der Waals surface area contributed by atoms with Gasteiger partial charge in [-0.15, -0.1) is 12.4 Å². The van der Waals surface area contributed by atoms with Gasteiger partial charge in [0.25, 0.3) is 0 Å². The number of rotatable bonds is 3. The van der Waals surface area contributed by atoms with Crippen LogP contribution in [-0.2, 0) is 16.0 Å². The molecule has 0 unspecified atom stereocenters. The van der Waals surface area contributed by atoms with Crippen LogP contribution in [0, 0.1) is 0 Å². The maximum atomic E-state index is 11.1. The fraction of sp³-hybridized carbons (Fsp3) is 0.500. The van der Waals surface area contributed by atoms with Crippen molar-refractivity contribution < 1.29 is 9.53 Å². The molecule has 0 radical (unpaired) electrons. The molecule has 100 valence electrons. The summed E-state index contributed by atoms with van der Waals surface area (Å²) in [7, 11) is 1.42. The molecule has 1 N–H and O–H groups in total. The van der Waals surface area contributed by atoms with Gasteiger partial charge in [0, 0.05) is 0 Å². The van der Waals surface area contributed by atoms with Gasteiger partial charge in [-0.3, -0.25) is 4.79 Å². The molecule has 0 aromatic heterocycles. The second-order valence-electron chi connectivity index (χ2n) is 4.52. The quantitative estimate of drug-likeness (QED) is 0.856. The lowest BCUT2D eigenvalue weighted by molar-refractivity contribution is -0.139. The molecule has 0 spiro atoms. The van der Waals surface area contributed by atoms with E-state index in [2.05, 4.69) is 22.2 Å². The van der Waals surface area contributed by atoms with E-state index in [1.54, 1.807) is 0 Å². The Kier molecular flexibility index (Phi) is 6.16. The van der Waals surface area contributed by atoms with E-state index < -0.39 is 0 Å². The van der Waals surface area contributed by atoms with E-state index >= 15 is 0 Å². The second-order valence-corrected chi connectivity index (χ2v) is 4.52. The van der Waals surface area contributed by atoms with Crippen LogP contribution in [0.4, 0.5) is 0 Å². The Hall–Kier alpha value is -1.06. The van der Waals surface area contributed by atoms with Crippen molar-refractivity contribution in [3.63, 3.8) is 0 Å². The summed E-state index contributed by atoms with van der Waals surface area (Å²) in [5.74, 6) is 0.489. The van der Waals surface area contributed by atoms with E-state index in [4.69, 9.17) is 0 Å². The van der Waals surface area contributed by atoms with Crippen LogP contribution in [0.3, 0.4) is 0 Å². The summed E-state index contributed by atoms with van der Waals surface area (Å²) in [6, 6.07) is 8.37. The molecule has 1 aliphatic heterocycles. The fourth-order valence-corrected chi connectivity index (χ4v) is 2.30. The number of hydrogen-bond acceptors (Lipinski definition) is 3. The first kappa shape index (κ1) is 15.0. The molecule has 1 aromatic carbocycles. The summed E-state index contributed by atoms with van der Waals surface area (Å²) in [5, 5.41) is 3.37. The molecule has 0 atom stereocenters. The number of esters is 1. The Balaban J connectivity index is 0.00000162. The Labute approximate surface area is 114 Å². The van der Waals surface area contributed by atoms with E-state index in [1.807, 2.05) is 12.1 Å². The van der Waals surface area contributed by atoms with Crippen molar-refractivity contribution in [3.8, 4) is 0 Å². The Morgan fingerprint density at radius 2 is 1.89 bits per heavy atom. The van der Waals surface area contributed by atoms with Crippen LogP contribution in [0.2, 0.25) is 0 Å². The van der Waals surface area contributed by atoms with Gasteiger partial charge in [0.05, 0.1) is 13.5 Å². The average molecular weight is 270 g/mol. The predicted molar refractivity (Wildman–Crippen MR) is 74.3 cm³/mol. The van der Waals surface area contributed by atoms with Gasteiger partial charge in [0.15, 0.2) is 0 Å². The number of carbonyl (C=O) groups excluding carboxylic acids is 1. The van der Waals surface area contributed by atoms with Gasteiger partial charge in [-0.2, -0.15) is 0 Å². The number of methoxy groups -OCH3 is 1. The SMILES string of the molecule is COC(=O)Cc1ccc(C2CCNCC2)cc1.Cl. The highest BCUT2D eigenvalue weighted by Crippen LogP contribution is 2.25. The third-order valence-corrected chi connectivity index (χ3v) is 3.37. The molecule has 3 nitrogen and oxygen atoms in total. The highest BCUT2D eigenvalue weighted by Gasteiger charge is 2.14. The molecule has 0 saturated carbocycles. The minimum Gasteiger partial charge on any atom is -0.469 e. The monoisotopic (exact) mass is 269 g/mol. The highest BCUT2D eigenvalue weighted by atomic mass is 35.5. The maximum Gasteiger partial charge on any atom is 0.309 e. The molecule has 1 aliphatic rings. The molecule has 0 bridgehead atoms. The first-order chi connectivity index (χ1) is 8.29. The van der Waals surface area contributed by atoms with E-state index in [0.29, 0.717) is 12.3 Å². The number of hydrogen-bond donors (Lipinski definition) is 1. The minimum absolute atomic E-state index is 0. The third-order valence-electron chi connectivity index (χ3n) is 3.37. The van der Waals surface area contributed by atoms with Crippen molar-refractivity contribution in [2.24, 2.45) is 0 Å². The first-order valence-corrected chi connectivity index (χ1v) is 6.16. The highest BCUT2D eigenvalue weighted by molar-refractivity contribution is 5.85. The van der Waals surface area contributed by atoms with Crippen LogP contribution in [0.5, 0.6) is 0 Å². The van der Waals surface area contributed by atoms with E-state index in [1.165, 1.54) is 25.5 Å². The largest absolute Gasteiger partial charge is 0.469 e. The zero-order chi connectivity index (χ0) is 12.1. The lowest BCUT2D eigenvalue weighted by Crippen LogP contribution is -2.26. The summed E-state index contributed by atoms with van der Waals surface area (Å²) < 4.78 is 4.65. The van der Waals surface area contributed by atoms with Gasteiger partial charge in [-0.1, -0.05) is 24.3 Å². The zero-order valence-corrected chi connectivity index (χ0v) is 11.5. The number of ether oxygens (including phenoxy) is 1. The Morgan fingerprint density at radius 1 is 1.28 bits per heavy atom. The Morgan fingerprint density at radius 3 is 2.44 bits per heavy atom. The molecule has 1 fully saturated rings. The zero-order valence-electron chi connectivity index (χ0n) is 10.6. The molecule has 1 saturated heterocycles. The molecular weight excluding hydrogens is 250 g/mol. The molecule has 2 rings (SSSR count). The van der Waals surface area contributed by atoms with E-state index in [-0.39, 0.29) is 18.4 Å². The van der Waals surface area contributed by atoms with Gasteiger partial charge in [0.2, 0.25) is 0 Å². The average Bonchev–Trinajstić information content (AvgIpc) is 2.40. The van der Waals surface area contributed by atoms with Crippen LogP contribution in [0.25, 0.3) is 0 Å². The van der Waals surface area contributed by atoms with Gasteiger partial charge in [0.1, 0.15) is 0 Å². The smallest absolute Gasteiger partial charge is 0.309 e. The number of carbonyl (C=O) groups is 1. The van der Waals surface area contributed by atoms with Crippen molar-refractivity contribution in [1.29, 1.82) is 0 Å². The molecule has 1 heterocycles. The summed E-state index contributed by atoms with van der Waals surface area (Å²) in [5.41, 5.74) is 2.41. The lowest BCUT2D eigenvalue weighted by Gasteiger charge is -2.23. The van der Waals surface area contributed by atoms with Crippen LogP contribution in [-0.4, -0.2) is 26.2 Å². The van der Waals surface area contributed by atoms with Gasteiger partial charge >= 0.3 is 5.97 Å². The topological polar surface area (TPSA) is 38.3 Å². The van der Waals surface area contributed by atoms with E-state index in [9.17, 15) is 4.79 Å². The molecule has 0 amide bonds. The van der Waals surface area contributed by atoms with Crippen molar-refractivity contribution in [1.82, 2.24) is 5.32 Å². The summed E-state index contributed by atoms with van der Waals surface area (Å²) in [6.07, 6.45) is 2.77. The number of halogens is 1. The molecule has 1 aromatic rings. The minimum atomic E-state index is -0.181. The molecule has 4 heteroatoms. The Bertz CT molecular complexity index is 372. The van der Waals surface area contributed by atoms with E-state index in [0.717, 1.165) is 18.7 Å². The van der Waals surface area contributed by atoms with Gasteiger partial charge < -0.3 is 10.1 Å². The first-order valence-electron chi connectivity index (χ1n) is 6.16.